The number of hydrogen-bond donors (Lipinski definition) is 3. The molecule has 20 heavy (non-hydrogen) atoms. The Balaban J connectivity index is 2.66. The van der Waals surface area contributed by atoms with Gasteiger partial charge >= 0.3 is 12.6 Å². The van der Waals surface area contributed by atoms with Crippen molar-refractivity contribution in [3.05, 3.63) is 24.3 Å². The summed E-state index contributed by atoms with van der Waals surface area (Å²) in [6.45, 7) is 0.488. The maximum atomic E-state index is 12.2. The summed E-state index contributed by atoms with van der Waals surface area (Å²) >= 11 is 0. The molecule has 0 bridgehead atoms. The van der Waals surface area contributed by atoms with Crippen molar-refractivity contribution in [3.63, 3.8) is 0 Å². The fourth-order valence-electron chi connectivity index (χ4n) is 1.43. The highest BCUT2D eigenvalue weighted by atomic mass is 19.3. The van der Waals surface area contributed by atoms with Gasteiger partial charge < -0.3 is 20.5 Å². The average Bonchev–Trinajstić information content (AvgIpc) is 2.39. The Morgan fingerprint density at radius 2 is 2.00 bits per heavy atom. The maximum Gasteiger partial charge on any atom is 0.387 e. The van der Waals surface area contributed by atoms with Crippen molar-refractivity contribution in [2.24, 2.45) is 5.92 Å². The van der Waals surface area contributed by atoms with E-state index in [1.807, 2.05) is 0 Å². The quantitative estimate of drug-likeness (QED) is 0.753. The minimum Gasteiger partial charge on any atom is -0.433 e. The highest BCUT2D eigenvalue weighted by Crippen LogP contribution is 2.25. The van der Waals surface area contributed by atoms with E-state index in [0.29, 0.717) is 0 Å². The van der Waals surface area contributed by atoms with Crippen molar-refractivity contribution in [1.29, 1.82) is 0 Å². The Bertz CT molecular complexity index is 443. The van der Waals surface area contributed by atoms with Crippen LogP contribution in [0.25, 0.3) is 0 Å². The Hall–Kier alpha value is -1.89. The number of halogens is 2. The van der Waals surface area contributed by atoms with Crippen LogP contribution in [0.15, 0.2) is 24.3 Å². The number of benzene rings is 1. The second kappa shape index (κ2) is 7.64. The van der Waals surface area contributed by atoms with Crippen LogP contribution in [0.1, 0.15) is 13.8 Å². The topological polar surface area (TPSA) is 70.6 Å². The zero-order chi connectivity index (χ0) is 15.1. The normalized spacial score (nSPS) is 13.7. The Kier molecular flexibility index (Phi) is 6.17. The summed E-state index contributed by atoms with van der Waals surface area (Å²) in [6, 6.07) is 5.09. The predicted molar refractivity (Wildman–Crippen MR) is 70.9 cm³/mol. The molecule has 2 atom stereocenters. The zero-order valence-electron chi connectivity index (χ0n) is 11.3. The van der Waals surface area contributed by atoms with Crippen LogP contribution in [0, 0.1) is 5.92 Å². The second-order valence-electron chi connectivity index (χ2n) is 4.42. The first-order valence-corrected chi connectivity index (χ1v) is 6.16. The summed E-state index contributed by atoms with van der Waals surface area (Å²) in [5.41, 5.74) is 0.147. The van der Waals surface area contributed by atoms with E-state index in [1.54, 1.807) is 19.9 Å². The molecule has 3 N–H and O–H groups in total. The fourth-order valence-corrected chi connectivity index (χ4v) is 1.43. The van der Waals surface area contributed by atoms with E-state index in [0.717, 1.165) is 0 Å². The number of amides is 2. The van der Waals surface area contributed by atoms with Gasteiger partial charge in [0.1, 0.15) is 5.75 Å². The van der Waals surface area contributed by atoms with Crippen molar-refractivity contribution in [1.82, 2.24) is 5.32 Å². The average molecular weight is 288 g/mol. The van der Waals surface area contributed by atoms with Gasteiger partial charge in [0.15, 0.2) is 0 Å². The molecule has 0 saturated carbocycles. The molecule has 2 unspecified atom stereocenters. The molecule has 0 radical (unpaired) electrons. The number of nitrogens with one attached hydrogen (secondary N) is 2. The fraction of sp³-hybridized carbons (Fsp3) is 0.462. The molecule has 0 heterocycles. The van der Waals surface area contributed by atoms with Gasteiger partial charge in [0, 0.05) is 12.6 Å². The summed E-state index contributed by atoms with van der Waals surface area (Å²) in [7, 11) is 0. The lowest BCUT2D eigenvalue weighted by atomic mass is 10.1. The molecule has 0 spiro atoms. The molecule has 0 aliphatic heterocycles. The van der Waals surface area contributed by atoms with Crippen LogP contribution < -0.4 is 15.4 Å². The monoisotopic (exact) mass is 288 g/mol. The molecule has 1 aromatic rings. The Morgan fingerprint density at radius 1 is 1.35 bits per heavy atom. The highest BCUT2D eigenvalue weighted by Gasteiger charge is 2.15. The number of aliphatic hydroxyl groups is 1. The molecule has 0 fully saturated rings. The number of aliphatic hydroxyl groups excluding tert-OH is 1. The van der Waals surface area contributed by atoms with Crippen molar-refractivity contribution < 1.29 is 23.4 Å². The van der Waals surface area contributed by atoms with Crippen molar-refractivity contribution >= 4 is 11.7 Å². The summed E-state index contributed by atoms with van der Waals surface area (Å²) in [6.07, 6.45) is 0. The molecule has 1 rings (SSSR count). The van der Waals surface area contributed by atoms with Crippen LogP contribution in [-0.2, 0) is 0 Å². The van der Waals surface area contributed by atoms with E-state index in [2.05, 4.69) is 15.4 Å². The number of ether oxygens (including phenoxy) is 1. The number of para-hydroxylation sites is 2. The molecule has 112 valence electrons. The van der Waals surface area contributed by atoms with Crippen LogP contribution in [-0.4, -0.2) is 30.4 Å². The number of rotatable bonds is 6. The van der Waals surface area contributed by atoms with E-state index in [4.69, 9.17) is 5.11 Å². The molecular formula is C13H18F2N2O3. The molecule has 1 aromatic carbocycles. The minimum atomic E-state index is -2.96. The molecule has 5 nitrogen and oxygen atoms in total. The van der Waals surface area contributed by atoms with Gasteiger partial charge in [-0.25, -0.2) is 4.79 Å². The molecule has 0 aliphatic rings. The van der Waals surface area contributed by atoms with E-state index >= 15 is 0 Å². The zero-order valence-corrected chi connectivity index (χ0v) is 11.3. The van der Waals surface area contributed by atoms with Crippen molar-refractivity contribution in [2.45, 2.75) is 26.5 Å². The number of urea groups is 1. The molecule has 0 aromatic heterocycles. The largest absolute Gasteiger partial charge is 0.433 e. The first-order chi connectivity index (χ1) is 9.43. The van der Waals surface area contributed by atoms with Crippen LogP contribution in [0.3, 0.4) is 0 Å². The van der Waals surface area contributed by atoms with E-state index in [1.165, 1.54) is 18.2 Å². The SMILES string of the molecule is CC(CO)C(C)NC(=O)Nc1ccccc1OC(F)F. The van der Waals surface area contributed by atoms with Gasteiger partial charge in [-0.15, -0.1) is 0 Å². The first kappa shape index (κ1) is 16.2. The van der Waals surface area contributed by atoms with Gasteiger partial charge in [-0.2, -0.15) is 8.78 Å². The van der Waals surface area contributed by atoms with Gasteiger partial charge in [0.05, 0.1) is 5.69 Å². The Labute approximate surface area is 115 Å². The summed E-state index contributed by atoms with van der Waals surface area (Å²) in [5, 5.41) is 14.0. The van der Waals surface area contributed by atoms with Crippen LogP contribution in [0.2, 0.25) is 0 Å². The third kappa shape index (κ3) is 5.00. The number of carbonyl (C=O) groups is 1. The van der Waals surface area contributed by atoms with Gasteiger partial charge in [-0.05, 0) is 25.0 Å². The lowest BCUT2D eigenvalue weighted by Crippen LogP contribution is -2.40. The number of anilines is 1. The van der Waals surface area contributed by atoms with Crippen LogP contribution >= 0.6 is 0 Å². The summed E-state index contributed by atoms with van der Waals surface area (Å²) < 4.78 is 28.7. The summed E-state index contributed by atoms with van der Waals surface area (Å²) in [4.78, 5) is 11.7. The minimum absolute atomic E-state index is 0.0630. The smallest absolute Gasteiger partial charge is 0.387 e. The lowest BCUT2D eigenvalue weighted by molar-refractivity contribution is -0.0493. The molecule has 2 amide bonds. The summed E-state index contributed by atoms with van der Waals surface area (Å²) in [5.74, 6) is -0.228. The molecule has 0 aliphatic carbocycles. The van der Waals surface area contributed by atoms with Crippen LogP contribution in [0.5, 0.6) is 5.75 Å². The lowest BCUT2D eigenvalue weighted by Gasteiger charge is -2.20. The van der Waals surface area contributed by atoms with Gasteiger partial charge in [-0.3, -0.25) is 0 Å². The van der Waals surface area contributed by atoms with E-state index in [-0.39, 0.29) is 30.0 Å². The second-order valence-corrected chi connectivity index (χ2v) is 4.42. The molecule has 7 heteroatoms. The third-order valence-corrected chi connectivity index (χ3v) is 2.85. The van der Waals surface area contributed by atoms with E-state index < -0.39 is 12.6 Å². The van der Waals surface area contributed by atoms with Crippen LogP contribution in [0.4, 0.5) is 19.3 Å². The highest BCUT2D eigenvalue weighted by molar-refractivity contribution is 5.91. The Morgan fingerprint density at radius 3 is 2.60 bits per heavy atom. The van der Waals surface area contributed by atoms with Crippen molar-refractivity contribution in [2.75, 3.05) is 11.9 Å². The van der Waals surface area contributed by atoms with Crippen molar-refractivity contribution in [3.8, 4) is 5.75 Å². The third-order valence-electron chi connectivity index (χ3n) is 2.85. The first-order valence-electron chi connectivity index (χ1n) is 6.16. The number of carbonyl (C=O) groups excluding carboxylic acids is 1. The maximum absolute atomic E-state index is 12.2. The van der Waals surface area contributed by atoms with Gasteiger partial charge in [0.2, 0.25) is 0 Å². The predicted octanol–water partition coefficient (Wildman–Crippen LogP) is 2.43. The standard InChI is InChI=1S/C13H18F2N2O3/c1-8(7-18)9(2)16-13(19)17-10-5-3-4-6-11(10)20-12(14)15/h3-6,8-9,12,18H,7H2,1-2H3,(H2,16,17,19). The molecule has 0 saturated heterocycles. The van der Waals surface area contributed by atoms with Gasteiger partial charge in [0.25, 0.3) is 0 Å². The number of hydrogen-bond acceptors (Lipinski definition) is 3. The van der Waals surface area contributed by atoms with Gasteiger partial charge in [-0.1, -0.05) is 19.1 Å². The molecular weight excluding hydrogens is 270 g/mol. The van der Waals surface area contributed by atoms with E-state index in [9.17, 15) is 13.6 Å². The number of alkyl halides is 2.